The topological polar surface area (TPSA) is 107 Å². The van der Waals surface area contributed by atoms with Gasteiger partial charge in [0.25, 0.3) is 11.6 Å². The van der Waals surface area contributed by atoms with Gasteiger partial charge in [-0.3, -0.25) is 14.9 Å². The molecule has 0 saturated carbocycles. The number of hydrogen-bond donors (Lipinski definition) is 1. The zero-order valence-corrected chi connectivity index (χ0v) is 17.4. The molecule has 1 amide bonds. The number of hydrogen-bond acceptors (Lipinski definition) is 6. The van der Waals surface area contributed by atoms with E-state index in [2.05, 4.69) is 10.5 Å². The largest absolute Gasteiger partial charge is 0.483 e. The number of nitrogens with one attached hydrogen (secondary N) is 1. The predicted molar refractivity (Wildman–Crippen MR) is 124 cm³/mol. The molecule has 4 aromatic rings. The van der Waals surface area contributed by atoms with Gasteiger partial charge in [0, 0.05) is 23.3 Å². The summed E-state index contributed by atoms with van der Waals surface area (Å²) in [6.07, 6.45) is 1.34. The van der Waals surface area contributed by atoms with Gasteiger partial charge >= 0.3 is 0 Å². The van der Waals surface area contributed by atoms with E-state index in [0.29, 0.717) is 22.8 Å². The second kappa shape index (κ2) is 10.1. The lowest BCUT2D eigenvalue weighted by molar-refractivity contribution is -0.384. The van der Waals surface area contributed by atoms with Gasteiger partial charge in [-0.25, -0.2) is 5.43 Å². The number of hydrazone groups is 1. The average molecular weight is 441 g/mol. The van der Waals surface area contributed by atoms with E-state index >= 15 is 0 Å². The molecule has 0 aliphatic carbocycles. The number of furan rings is 1. The number of carbonyl (C=O) groups is 1. The summed E-state index contributed by atoms with van der Waals surface area (Å²) >= 11 is 0. The van der Waals surface area contributed by atoms with Crippen LogP contribution in [0.15, 0.2) is 101 Å². The third-order valence-corrected chi connectivity index (χ3v) is 4.68. The van der Waals surface area contributed by atoms with Crippen LogP contribution in [0.2, 0.25) is 0 Å². The molecule has 33 heavy (non-hydrogen) atoms. The van der Waals surface area contributed by atoms with Gasteiger partial charge < -0.3 is 9.15 Å². The quantitative estimate of drug-likeness (QED) is 0.234. The zero-order chi connectivity index (χ0) is 23.0. The Morgan fingerprint density at radius 1 is 0.970 bits per heavy atom. The van der Waals surface area contributed by atoms with Gasteiger partial charge in [0.1, 0.15) is 17.3 Å². The van der Waals surface area contributed by atoms with Crippen LogP contribution in [0.3, 0.4) is 0 Å². The molecule has 0 unspecified atom stereocenters. The van der Waals surface area contributed by atoms with Gasteiger partial charge in [-0.1, -0.05) is 60.7 Å². The molecule has 0 radical (unpaired) electrons. The number of nitro benzene ring substituents is 1. The molecule has 0 bridgehead atoms. The number of rotatable bonds is 8. The van der Waals surface area contributed by atoms with E-state index in [1.165, 1.54) is 18.3 Å². The average Bonchev–Trinajstić information content (AvgIpc) is 3.32. The summed E-state index contributed by atoms with van der Waals surface area (Å²) in [5, 5.41) is 14.8. The highest BCUT2D eigenvalue weighted by Gasteiger charge is 2.10. The Kier molecular flexibility index (Phi) is 6.56. The van der Waals surface area contributed by atoms with E-state index in [0.717, 1.165) is 11.1 Å². The number of para-hydroxylation sites is 1. The monoisotopic (exact) mass is 441 g/mol. The van der Waals surface area contributed by atoms with Crippen LogP contribution in [0.1, 0.15) is 5.76 Å². The summed E-state index contributed by atoms with van der Waals surface area (Å²) in [5.41, 5.74) is 4.81. The Labute approximate surface area is 189 Å². The van der Waals surface area contributed by atoms with E-state index in [9.17, 15) is 14.9 Å². The van der Waals surface area contributed by atoms with E-state index in [1.807, 2.05) is 48.5 Å². The first-order valence-electron chi connectivity index (χ1n) is 10.0. The normalized spacial score (nSPS) is 10.8. The molecule has 1 heterocycles. The number of nitro groups is 1. The third kappa shape index (κ3) is 5.50. The highest BCUT2D eigenvalue weighted by Crippen LogP contribution is 2.29. The molecule has 8 heteroatoms. The molecule has 164 valence electrons. The Hall–Kier alpha value is -4.72. The van der Waals surface area contributed by atoms with Crippen molar-refractivity contribution in [1.29, 1.82) is 0 Å². The summed E-state index contributed by atoms with van der Waals surface area (Å²) in [7, 11) is 0. The second-order valence-electron chi connectivity index (χ2n) is 6.95. The van der Waals surface area contributed by atoms with Gasteiger partial charge in [0.05, 0.1) is 11.1 Å². The van der Waals surface area contributed by atoms with Crippen molar-refractivity contribution < 1.29 is 18.9 Å². The molecular weight excluding hydrogens is 422 g/mol. The minimum atomic E-state index is -0.468. The van der Waals surface area contributed by atoms with Crippen molar-refractivity contribution in [2.45, 2.75) is 0 Å². The molecule has 1 aromatic heterocycles. The lowest BCUT2D eigenvalue weighted by Crippen LogP contribution is -2.24. The van der Waals surface area contributed by atoms with Gasteiger partial charge in [0.15, 0.2) is 6.61 Å². The summed E-state index contributed by atoms with van der Waals surface area (Å²) in [4.78, 5) is 22.6. The highest BCUT2D eigenvalue weighted by molar-refractivity contribution is 5.82. The summed E-state index contributed by atoms with van der Waals surface area (Å²) < 4.78 is 11.3. The lowest BCUT2D eigenvalue weighted by atomic mass is 10.1. The number of amides is 1. The maximum atomic E-state index is 12.1. The standard InChI is InChI=1S/C25H19N3O5/c29-25(17-32-24-12-5-4-11-22(24)18-7-2-1-3-8-18)27-26-16-21-13-14-23(33-21)19-9-6-10-20(15-19)28(30)31/h1-16H,17H2,(H,27,29)/b26-16+. The Morgan fingerprint density at radius 2 is 1.73 bits per heavy atom. The van der Waals surface area contributed by atoms with Crippen LogP contribution in [0.25, 0.3) is 22.5 Å². The maximum Gasteiger partial charge on any atom is 0.277 e. The molecule has 0 saturated heterocycles. The predicted octanol–water partition coefficient (Wildman–Crippen LogP) is 5.05. The molecule has 8 nitrogen and oxygen atoms in total. The van der Waals surface area contributed by atoms with Crippen molar-refractivity contribution in [3.8, 4) is 28.2 Å². The van der Waals surface area contributed by atoms with Gasteiger partial charge in [-0.05, 0) is 23.8 Å². The molecule has 0 spiro atoms. The minimum Gasteiger partial charge on any atom is -0.483 e. The van der Waals surface area contributed by atoms with Crippen molar-refractivity contribution >= 4 is 17.8 Å². The maximum absolute atomic E-state index is 12.1. The van der Waals surface area contributed by atoms with E-state index in [1.54, 1.807) is 30.3 Å². The first-order chi connectivity index (χ1) is 16.1. The highest BCUT2D eigenvalue weighted by atomic mass is 16.6. The van der Waals surface area contributed by atoms with Crippen LogP contribution in [-0.2, 0) is 4.79 Å². The van der Waals surface area contributed by atoms with Crippen LogP contribution in [-0.4, -0.2) is 23.7 Å². The van der Waals surface area contributed by atoms with Crippen LogP contribution in [0.4, 0.5) is 5.69 Å². The van der Waals surface area contributed by atoms with Crippen molar-refractivity contribution in [1.82, 2.24) is 5.43 Å². The van der Waals surface area contributed by atoms with Gasteiger partial charge in [-0.2, -0.15) is 5.10 Å². The fourth-order valence-corrected chi connectivity index (χ4v) is 3.14. The van der Waals surface area contributed by atoms with E-state index in [-0.39, 0.29) is 12.3 Å². The van der Waals surface area contributed by atoms with Gasteiger partial charge in [-0.15, -0.1) is 0 Å². The number of benzene rings is 3. The molecular formula is C25H19N3O5. The lowest BCUT2D eigenvalue weighted by Gasteiger charge is -2.10. The van der Waals surface area contributed by atoms with Crippen molar-refractivity contribution in [2.24, 2.45) is 5.10 Å². The first kappa shape index (κ1) is 21.5. The SMILES string of the molecule is O=C(COc1ccccc1-c1ccccc1)N/N=C/c1ccc(-c2cccc([N+](=O)[O-])c2)o1. The number of non-ortho nitro benzene ring substituents is 1. The Bertz CT molecular complexity index is 1300. The summed E-state index contributed by atoms with van der Waals surface area (Å²) in [6, 6.07) is 26.7. The molecule has 0 aliphatic heterocycles. The van der Waals surface area contributed by atoms with Crippen molar-refractivity contribution in [2.75, 3.05) is 6.61 Å². The van der Waals surface area contributed by atoms with Crippen molar-refractivity contribution in [3.63, 3.8) is 0 Å². The van der Waals surface area contributed by atoms with Crippen LogP contribution < -0.4 is 10.2 Å². The Balaban J connectivity index is 1.34. The van der Waals surface area contributed by atoms with Crippen molar-refractivity contribution in [3.05, 3.63) is 107 Å². The number of carbonyl (C=O) groups excluding carboxylic acids is 1. The second-order valence-corrected chi connectivity index (χ2v) is 6.95. The molecule has 4 rings (SSSR count). The zero-order valence-electron chi connectivity index (χ0n) is 17.4. The molecule has 0 atom stereocenters. The first-order valence-corrected chi connectivity index (χ1v) is 10.0. The molecule has 0 fully saturated rings. The fourth-order valence-electron chi connectivity index (χ4n) is 3.14. The molecule has 0 aliphatic rings. The van der Waals surface area contributed by atoms with E-state index in [4.69, 9.17) is 9.15 Å². The summed E-state index contributed by atoms with van der Waals surface area (Å²) in [5.74, 6) is 0.995. The van der Waals surface area contributed by atoms with E-state index < -0.39 is 10.8 Å². The smallest absolute Gasteiger partial charge is 0.277 e. The number of nitrogens with zero attached hydrogens (tertiary/aromatic N) is 2. The third-order valence-electron chi connectivity index (χ3n) is 4.68. The van der Waals surface area contributed by atoms with Gasteiger partial charge in [0.2, 0.25) is 0 Å². The molecule has 3 aromatic carbocycles. The number of ether oxygens (including phenoxy) is 1. The van der Waals surface area contributed by atoms with Crippen LogP contribution in [0, 0.1) is 10.1 Å². The molecule has 1 N–H and O–H groups in total. The minimum absolute atomic E-state index is 0.0276. The Morgan fingerprint density at radius 3 is 2.55 bits per heavy atom. The fraction of sp³-hybridized carbons (Fsp3) is 0.0400. The summed E-state index contributed by atoms with van der Waals surface area (Å²) in [6.45, 7) is -0.210. The van der Waals surface area contributed by atoms with Crippen LogP contribution >= 0.6 is 0 Å². The van der Waals surface area contributed by atoms with Crippen LogP contribution in [0.5, 0.6) is 5.75 Å².